The first kappa shape index (κ1) is 11.5. The first-order valence-corrected chi connectivity index (χ1v) is 7.35. The largest absolute Gasteiger partial charge is 0.339 e. The van der Waals surface area contributed by atoms with Gasteiger partial charge in [0.25, 0.3) is 0 Å². The molecule has 0 unspecified atom stereocenters. The first-order valence-electron chi connectivity index (χ1n) is 7.35. The zero-order valence-electron chi connectivity index (χ0n) is 10.7. The van der Waals surface area contributed by atoms with Crippen molar-refractivity contribution in [3.05, 3.63) is 0 Å². The molecule has 3 nitrogen and oxygen atoms in total. The van der Waals surface area contributed by atoms with E-state index in [1.54, 1.807) is 0 Å². The van der Waals surface area contributed by atoms with Crippen LogP contribution in [0.1, 0.15) is 44.9 Å². The quantitative estimate of drug-likeness (QED) is 0.792. The monoisotopic (exact) mass is 236 g/mol. The van der Waals surface area contributed by atoms with Gasteiger partial charge >= 0.3 is 0 Å². The molecular weight excluding hydrogens is 212 g/mol. The van der Waals surface area contributed by atoms with Gasteiger partial charge in [-0.25, -0.2) is 0 Å². The van der Waals surface area contributed by atoms with Gasteiger partial charge in [0.15, 0.2) is 0 Å². The highest BCUT2D eigenvalue weighted by atomic mass is 16.2. The lowest BCUT2D eigenvalue weighted by molar-refractivity contribution is -0.139. The Balaban J connectivity index is 1.61. The Bertz CT molecular complexity index is 286. The second-order valence-electron chi connectivity index (χ2n) is 6.07. The highest BCUT2D eigenvalue weighted by Gasteiger charge is 2.36. The Morgan fingerprint density at radius 1 is 1.12 bits per heavy atom. The molecule has 3 heteroatoms. The van der Waals surface area contributed by atoms with E-state index in [-0.39, 0.29) is 0 Å². The van der Waals surface area contributed by atoms with Crippen LogP contribution in [0.2, 0.25) is 0 Å². The number of carbonyl (C=O) groups is 1. The third kappa shape index (κ3) is 2.35. The Morgan fingerprint density at radius 2 is 1.88 bits per heavy atom. The molecule has 0 radical (unpaired) electrons. The molecule has 0 spiro atoms. The number of piperidine rings is 1. The maximum absolute atomic E-state index is 12.4. The van der Waals surface area contributed by atoms with Crippen molar-refractivity contribution in [3.8, 4) is 0 Å². The van der Waals surface area contributed by atoms with Gasteiger partial charge in [-0.15, -0.1) is 0 Å². The zero-order chi connectivity index (χ0) is 11.7. The van der Waals surface area contributed by atoms with E-state index < -0.39 is 0 Å². The van der Waals surface area contributed by atoms with E-state index in [1.807, 2.05) is 0 Å². The topological polar surface area (TPSA) is 32.3 Å². The summed E-state index contributed by atoms with van der Waals surface area (Å²) < 4.78 is 0. The minimum Gasteiger partial charge on any atom is -0.339 e. The summed E-state index contributed by atoms with van der Waals surface area (Å²) in [4.78, 5) is 14.6. The van der Waals surface area contributed by atoms with Crippen molar-refractivity contribution >= 4 is 5.91 Å². The van der Waals surface area contributed by atoms with Gasteiger partial charge in [0.1, 0.15) is 0 Å². The van der Waals surface area contributed by atoms with Crippen LogP contribution in [0.15, 0.2) is 0 Å². The lowest BCUT2D eigenvalue weighted by atomic mass is 9.78. The summed E-state index contributed by atoms with van der Waals surface area (Å²) in [6, 6.07) is 0.595. The molecule has 0 aromatic rings. The second-order valence-corrected chi connectivity index (χ2v) is 6.07. The number of amides is 1. The third-order valence-corrected chi connectivity index (χ3v) is 4.89. The Morgan fingerprint density at radius 3 is 2.65 bits per heavy atom. The van der Waals surface area contributed by atoms with Crippen molar-refractivity contribution in [2.24, 2.45) is 11.8 Å². The van der Waals surface area contributed by atoms with E-state index in [9.17, 15) is 4.79 Å². The summed E-state index contributed by atoms with van der Waals surface area (Å²) in [5.41, 5.74) is 0. The fourth-order valence-electron chi connectivity index (χ4n) is 3.79. The van der Waals surface area contributed by atoms with Crippen LogP contribution in [0.4, 0.5) is 0 Å². The molecule has 3 fully saturated rings. The highest BCUT2D eigenvalue weighted by molar-refractivity contribution is 5.77. The van der Waals surface area contributed by atoms with E-state index in [2.05, 4.69) is 10.2 Å². The van der Waals surface area contributed by atoms with Crippen molar-refractivity contribution < 1.29 is 4.79 Å². The minimum atomic E-state index is 0.438. The normalized spacial score (nSPS) is 34.0. The van der Waals surface area contributed by atoms with Gasteiger partial charge in [-0.3, -0.25) is 4.79 Å². The Kier molecular flexibility index (Phi) is 3.37. The molecule has 0 bridgehead atoms. The maximum Gasteiger partial charge on any atom is 0.223 e. The SMILES string of the molecule is O=C(CC1CNC1)N1CCC[C@H]2CCCC[C@H]21. The average molecular weight is 236 g/mol. The highest BCUT2D eigenvalue weighted by Crippen LogP contribution is 2.35. The van der Waals surface area contributed by atoms with Gasteiger partial charge in [-0.2, -0.15) is 0 Å². The molecule has 17 heavy (non-hydrogen) atoms. The predicted octanol–water partition coefficient (Wildman–Crippen LogP) is 1.78. The van der Waals surface area contributed by atoms with Crippen LogP contribution in [-0.4, -0.2) is 36.5 Å². The summed E-state index contributed by atoms with van der Waals surface area (Å²) in [6.45, 7) is 3.13. The zero-order valence-corrected chi connectivity index (χ0v) is 10.7. The fraction of sp³-hybridized carbons (Fsp3) is 0.929. The second kappa shape index (κ2) is 4.97. The predicted molar refractivity (Wildman–Crippen MR) is 67.7 cm³/mol. The summed E-state index contributed by atoms with van der Waals surface area (Å²) >= 11 is 0. The number of hydrogen-bond donors (Lipinski definition) is 1. The van der Waals surface area contributed by atoms with Gasteiger partial charge in [0.05, 0.1) is 0 Å². The van der Waals surface area contributed by atoms with E-state index in [0.717, 1.165) is 32.0 Å². The molecule has 0 aromatic carbocycles. The molecule has 2 heterocycles. The van der Waals surface area contributed by atoms with Gasteiger partial charge in [0.2, 0.25) is 5.91 Å². The van der Waals surface area contributed by atoms with Crippen molar-refractivity contribution in [1.29, 1.82) is 0 Å². The fourth-order valence-corrected chi connectivity index (χ4v) is 3.79. The standard InChI is InChI=1S/C14H24N2O/c17-14(8-11-9-15-10-11)16-7-3-5-12-4-1-2-6-13(12)16/h11-13,15H,1-10H2/t12-,13-/m1/s1. The molecule has 0 aromatic heterocycles. The Labute approximate surface area is 104 Å². The van der Waals surface area contributed by atoms with Crippen LogP contribution in [0.3, 0.4) is 0 Å². The van der Waals surface area contributed by atoms with Crippen molar-refractivity contribution in [1.82, 2.24) is 10.2 Å². The molecule has 1 saturated carbocycles. The Hall–Kier alpha value is -0.570. The van der Waals surface area contributed by atoms with Crippen molar-refractivity contribution in [3.63, 3.8) is 0 Å². The number of nitrogens with zero attached hydrogens (tertiary/aromatic N) is 1. The first-order chi connectivity index (χ1) is 8.34. The number of likely N-dealkylation sites (tertiary alicyclic amines) is 1. The van der Waals surface area contributed by atoms with E-state index in [4.69, 9.17) is 0 Å². The third-order valence-electron chi connectivity index (χ3n) is 4.89. The molecule has 1 N–H and O–H groups in total. The summed E-state index contributed by atoms with van der Waals surface area (Å²) in [5, 5.41) is 3.26. The minimum absolute atomic E-state index is 0.438. The number of hydrogen-bond acceptors (Lipinski definition) is 2. The van der Waals surface area contributed by atoms with Crippen LogP contribution in [0.25, 0.3) is 0 Å². The molecular formula is C14H24N2O. The smallest absolute Gasteiger partial charge is 0.223 e. The summed E-state index contributed by atoms with van der Waals surface area (Å²) in [6.07, 6.45) is 8.72. The molecule has 2 atom stereocenters. The van der Waals surface area contributed by atoms with Crippen LogP contribution < -0.4 is 5.32 Å². The molecule has 3 rings (SSSR count). The molecule has 2 saturated heterocycles. The lowest BCUT2D eigenvalue weighted by Gasteiger charge is -2.45. The van der Waals surface area contributed by atoms with Crippen molar-refractivity contribution in [2.75, 3.05) is 19.6 Å². The molecule has 3 aliphatic rings. The van der Waals surface area contributed by atoms with Crippen LogP contribution in [0.5, 0.6) is 0 Å². The number of nitrogens with one attached hydrogen (secondary N) is 1. The van der Waals surface area contributed by atoms with Gasteiger partial charge < -0.3 is 10.2 Å². The number of rotatable bonds is 2. The summed E-state index contributed by atoms with van der Waals surface area (Å²) in [5.74, 6) is 1.88. The van der Waals surface area contributed by atoms with Crippen molar-refractivity contribution in [2.45, 2.75) is 51.0 Å². The molecule has 2 aliphatic heterocycles. The van der Waals surface area contributed by atoms with Gasteiger partial charge in [-0.05, 0) is 50.6 Å². The van der Waals surface area contributed by atoms with Crippen LogP contribution in [0, 0.1) is 11.8 Å². The summed E-state index contributed by atoms with van der Waals surface area (Å²) in [7, 11) is 0. The van der Waals surface area contributed by atoms with E-state index >= 15 is 0 Å². The number of carbonyl (C=O) groups excluding carboxylic acids is 1. The van der Waals surface area contributed by atoms with Gasteiger partial charge in [-0.1, -0.05) is 12.8 Å². The van der Waals surface area contributed by atoms with Crippen LogP contribution >= 0.6 is 0 Å². The molecule has 1 aliphatic carbocycles. The molecule has 96 valence electrons. The van der Waals surface area contributed by atoms with Crippen LogP contribution in [-0.2, 0) is 4.79 Å². The van der Waals surface area contributed by atoms with E-state index in [0.29, 0.717) is 17.9 Å². The molecule has 1 amide bonds. The van der Waals surface area contributed by atoms with E-state index in [1.165, 1.54) is 38.5 Å². The lowest BCUT2D eigenvalue weighted by Crippen LogP contribution is -2.52. The maximum atomic E-state index is 12.4. The number of fused-ring (bicyclic) bond motifs is 1. The van der Waals surface area contributed by atoms with Gasteiger partial charge in [0, 0.05) is 19.0 Å². The average Bonchev–Trinajstić information content (AvgIpc) is 2.33.